The molecule has 1 amide bonds. The topological polar surface area (TPSA) is 68.0 Å². The predicted molar refractivity (Wildman–Crippen MR) is 111 cm³/mol. The SMILES string of the molecule is O=C(N[C@@H]1CCCc2nc(-c3ccnc(C4CC4)c3)oc21)c1cc(Cl)cc(Cl)c1. The molecule has 2 aromatic heterocycles. The standard InChI is InChI=1S/C22H19Cl2N3O2/c23-15-8-14(9-16(24)11-15)21(28)26-17-2-1-3-18-20(17)29-22(27-18)13-6-7-25-19(10-13)12-4-5-12/h6-12,17H,1-5H2,(H,26,28)/t17-/m1/s1. The summed E-state index contributed by atoms with van der Waals surface area (Å²) in [7, 11) is 0. The number of carbonyl (C=O) groups is 1. The van der Waals surface area contributed by atoms with E-state index in [1.54, 1.807) is 18.2 Å². The zero-order valence-corrected chi connectivity index (χ0v) is 17.1. The second-order valence-electron chi connectivity index (χ2n) is 7.65. The summed E-state index contributed by atoms with van der Waals surface area (Å²) in [4.78, 5) is 21.9. The van der Waals surface area contributed by atoms with Gasteiger partial charge in [-0.05, 0) is 62.4 Å². The van der Waals surface area contributed by atoms with Gasteiger partial charge in [-0.1, -0.05) is 23.2 Å². The Bertz CT molecular complexity index is 1070. The van der Waals surface area contributed by atoms with Crippen molar-refractivity contribution in [3.8, 4) is 11.5 Å². The molecule has 1 saturated carbocycles. The fraction of sp³-hybridized carbons (Fsp3) is 0.318. The van der Waals surface area contributed by atoms with Gasteiger partial charge in [0.15, 0.2) is 0 Å². The minimum atomic E-state index is -0.231. The minimum absolute atomic E-state index is 0.227. The molecule has 1 aromatic carbocycles. The van der Waals surface area contributed by atoms with E-state index in [-0.39, 0.29) is 11.9 Å². The number of amides is 1. The zero-order chi connectivity index (χ0) is 20.0. The number of oxazole rings is 1. The van der Waals surface area contributed by atoms with E-state index in [4.69, 9.17) is 32.6 Å². The number of nitrogens with zero attached hydrogens (tertiary/aromatic N) is 2. The van der Waals surface area contributed by atoms with Gasteiger partial charge in [-0.15, -0.1) is 0 Å². The van der Waals surface area contributed by atoms with Gasteiger partial charge in [0, 0.05) is 39.0 Å². The summed E-state index contributed by atoms with van der Waals surface area (Å²) in [6, 6.07) is 8.58. The van der Waals surface area contributed by atoms with Crippen LogP contribution < -0.4 is 5.32 Å². The normalized spacial score (nSPS) is 18.3. The highest BCUT2D eigenvalue weighted by Gasteiger charge is 2.29. The highest BCUT2D eigenvalue weighted by molar-refractivity contribution is 6.35. The van der Waals surface area contributed by atoms with Crippen molar-refractivity contribution in [2.24, 2.45) is 0 Å². The third kappa shape index (κ3) is 3.89. The lowest BCUT2D eigenvalue weighted by molar-refractivity contribution is 0.0927. The molecular weight excluding hydrogens is 409 g/mol. The lowest BCUT2D eigenvalue weighted by Gasteiger charge is -2.21. The number of hydrogen-bond acceptors (Lipinski definition) is 4. The number of rotatable bonds is 4. The number of benzene rings is 1. The van der Waals surface area contributed by atoms with Gasteiger partial charge in [0.2, 0.25) is 5.89 Å². The average molecular weight is 428 g/mol. The van der Waals surface area contributed by atoms with Crippen LogP contribution in [0, 0.1) is 0 Å². The average Bonchev–Trinajstić information content (AvgIpc) is 3.46. The Hall–Kier alpha value is -2.37. The summed E-state index contributed by atoms with van der Waals surface area (Å²) >= 11 is 12.1. The maximum Gasteiger partial charge on any atom is 0.251 e. The largest absolute Gasteiger partial charge is 0.439 e. The fourth-order valence-electron chi connectivity index (χ4n) is 3.79. The van der Waals surface area contributed by atoms with Gasteiger partial charge in [0.25, 0.3) is 5.91 Å². The highest BCUT2D eigenvalue weighted by atomic mass is 35.5. The molecule has 5 rings (SSSR count). The molecule has 7 heteroatoms. The molecule has 1 fully saturated rings. The number of nitrogens with one attached hydrogen (secondary N) is 1. The van der Waals surface area contributed by atoms with E-state index in [1.807, 2.05) is 12.3 Å². The van der Waals surface area contributed by atoms with Crippen molar-refractivity contribution < 1.29 is 9.21 Å². The summed E-state index contributed by atoms with van der Waals surface area (Å²) in [6.45, 7) is 0. The van der Waals surface area contributed by atoms with Crippen LogP contribution in [0.3, 0.4) is 0 Å². The molecule has 2 aliphatic carbocycles. The van der Waals surface area contributed by atoms with Crippen LogP contribution in [-0.2, 0) is 6.42 Å². The smallest absolute Gasteiger partial charge is 0.251 e. The van der Waals surface area contributed by atoms with Crippen molar-refractivity contribution >= 4 is 29.1 Å². The van der Waals surface area contributed by atoms with Gasteiger partial charge >= 0.3 is 0 Å². The lowest BCUT2D eigenvalue weighted by atomic mass is 9.96. The zero-order valence-electron chi connectivity index (χ0n) is 15.6. The Balaban J connectivity index is 1.41. The highest BCUT2D eigenvalue weighted by Crippen LogP contribution is 2.40. The molecule has 1 N–H and O–H groups in total. The molecule has 0 radical (unpaired) electrons. The number of hydrogen-bond donors (Lipinski definition) is 1. The second-order valence-corrected chi connectivity index (χ2v) is 8.52. The maximum atomic E-state index is 12.7. The number of carbonyl (C=O) groups excluding carboxylic acids is 1. The predicted octanol–water partition coefficient (Wildman–Crippen LogP) is 5.73. The monoisotopic (exact) mass is 427 g/mol. The molecule has 2 heterocycles. The Morgan fingerprint density at radius 1 is 1.10 bits per heavy atom. The van der Waals surface area contributed by atoms with Crippen LogP contribution in [0.4, 0.5) is 0 Å². The molecule has 2 aliphatic rings. The lowest BCUT2D eigenvalue weighted by Crippen LogP contribution is -2.30. The van der Waals surface area contributed by atoms with Crippen LogP contribution in [-0.4, -0.2) is 15.9 Å². The molecule has 5 nitrogen and oxygen atoms in total. The third-order valence-electron chi connectivity index (χ3n) is 5.40. The number of pyridine rings is 1. The third-order valence-corrected chi connectivity index (χ3v) is 5.84. The Labute approximate surface area is 178 Å². The van der Waals surface area contributed by atoms with Crippen LogP contribution in [0.15, 0.2) is 40.9 Å². The molecule has 29 heavy (non-hydrogen) atoms. The van der Waals surface area contributed by atoms with Gasteiger partial charge < -0.3 is 9.73 Å². The van der Waals surface area contributed by atoms with E-state index in [2.05, 4.69) is 16.4 Å². The summed E-state index contributed by atoms with van der Waals surface area (Å²) in [6.07, 6.45) is 6.78. The molecule has 3 aromatic rings. The van der Waals surface area contributed by atoms with E-state index in [9.17, 15) is 4.79 Å². The van der Waals surface area contributed by atoms with Crippen LogP contribution >= 0.6 is 23.2 Å². The molecule has 0 spiro atoms. The maximum absolute atomic E-state index is 12.7. The number of halogens is 2. The van der Waals surface area contributed by atoms with Crippen LogP contribution in [0.2, 0.25) is 10.0 Å². The van der Waals surface area contributed by atoms with Gasteiger partial charge in [0.05, 0.1) is 11.7 Å². The fourth-order valence-corrected chi connectivity index (χ4v) is 4.32. The second kappa shape index (κ2) is 7.47. The first-order valence-electron chi connectivity index (χ1n) is 9.80. The first-order valence-corrected chi connectivity index (χ1v) is 10.6. The van der Waals surface area contributed by atoms with Gasteiger partial charge in [-0.3, -0.25) is 9.78 Å². The van der Waals surface area contributed by atoms with Gasteiger partial charge in [-0.25, -0.2) is 4.98 Å². The van der Waals surface area contributed by atoms with E-state index < -0.39 is 0 Å². The molecule has 0 bridgehead atoms. The van der Waals surface area contributed by atoms with Crippen LogP contribution in [0.25, 0.3) is 11.5 Å². The van der Waals surface area contributed by atoms with Crippen LogP contribution in [0.1, 0.15) is 65.1 Å². The Kier molecular flexibility index (Phi) is 4.80. The van der Waals surface area contributed by atoms with E-state index in [0.29, 0.717) is 27.4 Å². The van der Waals surface area contributed by atoms with E-state index >= 15 is 0 Å². The summed E-state index contributed by atoms with van der Waals surface area (Å²) < 4.78 is 6.14. The first kappa shape index (κ1) is 18.6. The number of fused-ring (bicyclic) bond motifs is 1. The molecule has 1 atom stereocenters. The van der Waals surface area contributed by atoms with Gasteiger partial charge in [0.1, 0.15) is 5.76 Å². The molecule has 0 aliphatic heterocycles. The Morgan fingerprint density at radius 3 is 2.66 bits per heavy atom. The van der Waals surface area contributed by atoms with Crippen molar-refractivity contribution in [1.29, 1.82) is 0 Å². The Morgan fingerprint density at radius 2 is 1.90 bits per heavy atom. The number of aromatic nitrogens is 2. The van der Waals surface area contributed by atoms with Crippen LogP contribution in [0.5, 0.6) is 0 Å². The van der Waals surface area contributed by atoms with Crippen molar-refractivity contribution in [1.82, 2.24) is 15.3 Å². The van der Waals surface area contributed by atoms with Crippen molar-refractivity contribution in [2.45, 2.75) is 44.1 Å². The molecular formula is C22H19Cl2N3O2. The number of aryl methyl sites for hydroxylation is 1. The molecule has 148 valence electrons. The van der Waals surface area contributed by atoms with E-state index in [0.717, 1.165) is 42.0 Å². The molecule has 0 unspecified atom stereocenters. The minimum Gasteiger partial charge on any atom is -0.439 e. The van der Waals surface area contributed by atoms with Crippen molar-refractivity contribution in [3.63, 3.8) is 0 Å². The van der Waals surface area contributed by atoms with Gasteiger partial charge in [-0.2, -0.15) is 0 Å². The summed E-state index contributed by atoms with van der Waals surface area (Å²) in [5, 5.41) is 3.91. The quantitative estimate of drug-likeness (QED) is 0.577. The first-order chi connectivity index (χ1) is 14.1. The summed E-state index contributed by atoms with van der Waals surface area (Å²) in [5.41, 5.74) is 3.37. The van der Waals surface area contributed by atoms with E-state index in [1.165, 1.54) is 12.8 Å². The molecule has 0 saturated heterocycles. The summed E-state index contributed by atoms with van der Waals surface area (Å²) in [5.74, 6) is 1.66. The van der Waals surface area contributed by atoms with Crippen molar-refractivity contribution in [2.75, 3.05) is 0 Å². The van der Waals surface area contributed by atoms with Crippen molar-refractivity contribution in [3.05, 3.63) is 69.3 Å².